The molecule has 0 amide bonds. The molecule has 3 rings (SSSR count). The lowest BCUT2D eigenvalue weighted by molar-refractivity contribution is 0.0885. The monoisotopic (exact) mass is 259 g/mol. The Hall–Kier alpha value is -1.32. The summed E-state index contributed by atoms with van der Waals surface area (Å²) in [4.78, 5) is 0. The summed E-state index contributed by atoms with van der Waals surface area (Å²) in [6, 6.07) is 8.06. The minimum Gasteiger partial charge on any atom is -0.459 e. The molecule has 1 saturated carbocycles. The topological polar surface area (TPSA) is 48.4 Å². The van der Waals surface area contributed by atoms with Crippen LogP contribution < -0.4 is 5.73 Å². The molecule has 1 aliphatic carbocycles. The predicted octanol–water partition coefficient (Wildman–Crippen LogP) is 3.60. The van der Waals surface area contributed by atoms with Crippen molar-refractivity contribution in [3.63, 3.8) is 0 Å². The van der Waals surface area contributed by atoms with Crippen LogP contribution in [0, 0.1) is 5.92 Å². The minimum absolute atomic E-state index is 0.427. The summed E-state index contributed by atoms with van der Waals surface area (Å²) in [5.74, 6) is 1.60. The van der Waals surface area contributed by atoms with Gasteiger partial charge in [0.15, 0.2) is 0 Å². The Kier molecular flexibility index (Phi) is 3.85. The molecule has 0 unspecified atom stereocenters. The highest BCUT2D eigenvalue weighted by Crippen LogP contribution is 2.28. The predicted molar refractivity (Wildman–Crippen MR) is 75.7 cm³/mol. The third-order valence-corrected chi connectivity index (χ3v) is 4.04. The zero-order valence-electron chi connectivity index (χ0n) is 11.2. The lowest BCUT2D eigenvalue weighted by Crippen LogP contribution is -2.07. The van der Waals surface area contributed by atoms with Crippen molar-refractivity contribution < 1.29 is 9.15 Å². The fraction of sp³-hybridized carbons (Fsp3) is 0.500. The number of nitrogens with two attached hydrogens (primary N) is 1. The molecule has 2 N–H and O–H groups in total. The number of ether oxygens (including phenoxy) is 1. The number of hydrogen-bond acceptors (Lipinski definition) is 3. The molecule has 19 heavy (non-hydrogen) atoms. The Balaban J connectivity index is 1.71. The number of para-hydroxylation sites is 1. The van der Waals surface area contributed by atoms with Crippen molar-refractivity contribution in [2.45, 2.75) is 38.8 Å². The maximum atomic E-state index is 5.90. The number of fused-ring (bicyclic) bond motifs is 1. The van der Waals surface area contributed by atoms with Gasteiger partial charge in [-0.15, -0.1) is 0 Å². The quantitative estimate of drug-likeness (QED) is 0.892. The summed E-state index contributed by atoms with van der Waals surface area (Å²) in [5, 5.41) is 1.13. The zero-order chi connectivity index (χ0) is 13.1. The van der Waals surface area contributed by atoms with Crippen LogP contribution in [0.4, 0.5) is 0 Å². The molecule has 1 fully saturated rings. The van der Waals surface area contributed by atoms with E-state index in [0.717, 1.165) is 34.8 Å². The van der Waals surface area contributed by atoms with E-state index >= 15 is 0 Å². The van der Waals surface area contributed by atoms with Gasteiger partial charge in [-0.25, -0.2) is 0 Å². The maximum Gasteiger partial charge on any atom is 0.134 e. The van der Waals surface area contributed by atoms with Gasteiger partial charge < -0.3 is 14.9 Å². The molecule has 102 valence electrons. The molecule has 0 radical (unpaired) electrons. The second-order valence-corrected chi connectivity index (χ2v) is 5.37. The molecule has 1 aromatic carbocycles. The summed E-state index contributed by atoms with van der Waals surface area (Å²) in [6.07, 6.45) is 5.35. The van der Waals surface area contributed by atoms with Gasteiger partial charge in [-0.1, -0.05) is 31.0 Å². The van der Waals surface area contributed by atoms with Crippen LogP contribution in [0.1, 0.15) is 37.0 Å². The van der Waals surface area contributed by atoms with Crippen LogP contribution in [0.5, 0.6) is 0 Å². The highest BCUT2D eigenvalue weighted by atomic mass is 16.5. The molecule has 0 spiro atoms. The maximum absolute atomic E-state index is 5.90. The molecule has 1 heterocycles. The Morgan fingerprint density at radius 1 is 1.21 bits per heavy atom. The molecule has 3 nitrogen and oxygen atoms in total. The van der Waals surface area contributed by atoms with Crippen molar-refractivity contribution in [3.8, 4) is 0 Å². The Bertz CT molecular complexity index is 541. The summed E-state index contributed by atoms with van der Waals surface area (Å²) in [7, 11) is 0. The molecule has 0 bridgehead atoms. The summed E-state index contributed by atoms with van der Waals surface area (Å²) >= 11 is 0. The summed E-state index contributed by atoms with van der Waals surface area (Å²) < 4.78 is 11.7. The SMILES string of the molecule is NCc1oc2ccccc2c1COCC1CCCC1. The van der Waals surface area contributed by atoms with Crippen molar-refractivity contribution in [2.75, 3.05) is 6.61 Å². The largest absolute Gasteiger partial charge is 0.459 e. The van der Waals surface area contributed by atoms with E-state index in [0.29, 0.717) is 13.2 Å². The molecular weight excluding hydrogens is 238 g/mol. The third kappa shape index (κ3) is 2.67. The van der Waals surface area contributed by atoms with E-state index in [2.05, 4.69) is 6.07 Å². The first kappa shape index (κ1) is 12.7. The van der Waals surface area contributed by atoms with Crippen molar-refractivity contribution >= 4 is 11.0 Å². The second kappa shape index (κ2) is 5.76. The van der Waals surface area contributed by atoms with Gasteiger partial charge in [0.2, 0.25) is 0 Å². The normalized spacial score (nSPS) is 16.5. The molecule has 0 atom stereocenters. The van der Waals surface area contributed by atoms with Crippen molar-refractivity contribution in [3.05, 3.63) is 35.6 Å². The van der Waals surface area contributed by atoms with E-state index in [1.165, 1.54) is 25.7 Å². The van der Waals surface area contributed by atoms with Crippen LogP contribution in [0.25, 0.3) is 11.0 Å². The van der Waals surface area contributed by atoms with Crippen LogP contribution in [0.2, 0.25) is 0 Å². The van der Waals surface area contributed by atoms with Crippen LogP contribution in [-0.2, 0) is 17.9 Å². The first-order valence-electron chi connectivity index (χ1n) is 7.15. The molecule has 0 saturated heterocycles. The minimum atomic E-state index is 0.427. The number of benzene rings is 1. The summed E-state index contributed by atoms with van der Waals surface area (Å²) in [6.45, 7) is 1.90. The van der Waals surface area contributed by atoms with Crippen LogP contribution in [0.15, 0.2) is 28.7 Å². The lowest BCUT2D eigenvalue weighted by atomic mass is 10.1. The van der Waals surface area contributed by atoms with E-state index < -0.39 is 0 Å². The molecule has 1 aromatic heterocycles. The Labute approximate surface area is 113 Å². The molecular formula is C16H21NO2. The van der Waals surface area contributed by atoms with Gasteiger partial charge in [-0.05, 0) is 24.8 Å². The Morgan fingerprint density at radius 2 is 2.00 bits per heavy atom. The van der Waals surface area contributed by atoms with Crippen molar-refractivity contribution in [1.29, 1.82) is 0 Å². The first-order valence-corrected chi connectivity index (χ1v) is 7.15. The van der Waals surface area contributed by atoms with Crippen LogP contribution >= 0.6 is 0 Å². The van der Waals surface area contributed by atoms with Gasteiger partial charge in [0.1, 0.15) is 11.3 Å². The highest BCUT2D eigenvalue weighted by molar-refractivity contribution is 5.82. The van der Waals surface area contributed by atoms with Gasteiger partial charge >= 0.3 is 0 Å². The molecule has 0 aliphatic heterocycles. The Morgan fingerprint density at radius 3 is 2.79 bits per heavy atom. The van der Waals surface area contributed by atoms with Crippen molar-refractivity contribution in [2.24, 2.45) is 11.7 Å². The lowest BCUT2D eigenvalue weighted by Gasteiger charge is -2.09. The average molecular weight is 259 g/mol. The third-order valence-electron chi connectivity index (χ3n) is 4.04. The number of hydrogen-bond donors (Lipinski definition) is 1. The van der Waals surface area contributed by atoms with Gasteiger partial charge in [0, 0.05) is 17.6 Å². The van der Waals surface area contributed by atoms with Crippen LogP contribution in [-0.4, -0.2) is 6.61 Å². The fourth-order valence-corrected chi connectivity index (χ4v) is 2.98. The number of furan rings is 1. The van der Waals surface area contributed by atoms with E-state index in [1.807, 2.05) is 18.2 Å². The van der Waals surface area contributed by atoms with Gasteiger partial charge in [0.05, 0.1) is 13.2 Å². The zero-order valence-corrected chi connectivity index (χ0v) is 11.2. The van der Waals surface area contributed by atoms with E-state index in [9.17, 15) is 0 Å². The average Bonchev–Trinajstić information content (AvgIpc) is 3.06. The first-order chi connectivity index (χ1) is 9.38. The van der Waals surface area contributed by atoms with Gasteiger partial charge in [-0.2, -0.15) is 0 Å². The van der Waals surface area contributed by atoms with E-state index in [4.69, 9.17) is 14.9 Å². The molecule has 1 aliphatic rings. The molecule has 2 aromatic rings. The standard InChI is InChI=1S/C16H21NO2/c17-9-16-14(11-18-10-12-5-1-2-6-12)13-7-3-4-8-15(13)19-16/h3-4,7-8,12H,1-2,5-6,9-11,17H2. The van der Waals surface area contributed by atoms with E-state index in [-0.39, 0.29) is 0 Å². The second-order valence-electron chi connectivity index (χ2n) is 5.37. The van der Waals surface area contributed by atoms with Crippen LogP contribution in [0.3, 0.4) is 0 Å². The summed E-state index contributed by atoms with van der Waals surface area (Å²) in [5.41, 5.74) is 7.79. The smallest absolute Gasteiger partial charge is 0.134 e. The van der Waals surface area contributed by atoms with Gasteiger partial charge in [0.25, 0.3) is 0 Å². The van der Waals surface area contributed by atoms with Crippen molar-refractivity contribution in [1.82, 2.24) is 0 Å². The molecule has 3 heteroatoms. The number of rotatable bonds is 5. The highest BCUT2D eigenvalue weighted by Gasteiger charge is 2.17. The van der Waals surface area contributed by atoms with Gasteiger partial charge in [-0.3, -0.25) is 0 Å². The fourth-order valence-electron chi connectivity index (χ4n) is 2.98. The van der Waals surface area contributed by atoms with E-state index in [1.54, 1.807) is 0 Å².